The van der Waals surface area contributed by atoms with E-state index in [1.807, 2.05) is 35.2 Å². The first-order chi connectivity index (χ1) is 10.3. The van der Waals surface area contributed by atoms with Crippen LogP contribution in [0.2, 0.25) is 0 Å². The minimum Gasteiger partial charge on any atom is -0.396 e. The van der Waals surface area contributed by atoms with Crippen LogP contribution in [0.25, 0.3) is 16.8 Å². The van der Waals surface area contributed by atoms with Crippen molar-refractivity contribution < 1.29 is 9.90 Å². The third kappa shape index (κ3) is 2.98. The van der Waals surface area contributed by atoms with Crippen molar-refractivity contribution >= 4 is 22.8 Å². The van der Waals surface area contributed by atoms with Gasteiger partial charge >= 0.3 is 0 Å². The SMILES string of the molecule is O=C(/C=C/c1cccc2ccccc12)N1CCC(CO)C1. The molecular formula is C18H19NO2. The first-order valence-electron chi connectivity index (χ1n) is 7.33. The second-order valence-corrected chi connectivity index (χ2v) is 5.52. The molecule has 3 nitrogen and oxygen atoms in total. The molecule has 21 heavy (non-hydrogen) atoms. The first kappa shape index (κ1) is 13.8. The number of hydrogen-bond acceptors (Lipinski definition) is 2. The Labute approximate surface area is 124 Å². The average molecular weight is 281 g/mol. The Morgan fingerprint density at radius 2 is 2.05 bits per heavy atom. The summed E-state index contributed by atoms with van der Waals surface area (Å²) in [6.07, 6.45) is 4.42. The fourth-order valence-electron chi connectivity index (χ4n) is 2.84. The highest BCUT2D eigenvalue weighted by Crippen LogP contribution is 2.20. The van der Waals surface area contributed by atoms with Crippen molar-refractivity contribution in [2.45, 2.75) is 6.42 Å². The zero-order chi connectivity index (χ0) is 14.7. The second kappa shape index (κ2) is 6.10. The standard InChI is InChI=1S/C18H19NO2/c20-13-14-10-11-19(12-14)18(21)9-8-16-6-3-5-15-4-1-2-7-17(15)16/h1-9,14,20H,10-13H2/b9-8+. The number of amides is 1. The molecule has 3 heteroatoms. The Balaban J connectivity index is 1.77. The summed E-state index contributed by atoms with van der Waals surface area (Å²) in [6, 6.07) is 14.3. The predicted octanol–water partition coefficient (Wildman–Crippen LogP) is 2.69. The van der Waals surface area contributed by atoms with Gasteiger partial charge in [0, 0.05) is 31.7 Å². The van der Waals surface area contributed by atoms with Crippen molar-refractivity contribution in [2.24, 2.45) is 5.92 Å². The molecule has 1 heterocycles. The van der Waals surface area contributed by atoms with Crippen LogP contribution < -0.4 is 0 Å². The average Bonchev–Trinajstić information content (AvgIpc) is 3.01. The summed E-state index contributed by atoms with van der Waals surface area (Å²) in [4.78, 5) is 14.0. The van der Waals surface area contributed by atoms with E-state index in [2.05, 4.69) is 18.2 Å². The van der Waals surface area contributed by atoms with Crippen LogP contribution in [0.1, 0.15) is 12.0 Å². The Kier molecular flexibility index (Phi) is 4.02. The van der Waals surface area contributed by atoms with Crippen LogP contribution in [0.4, 0.5) is 0 Å². The van der Waals surface area contributed by atoms with Gasteiger partial charge in [-0.1, -0.05) is 42.5 Å². The molecule has 108 valence electrons. The van der Waals surface area contributed by atoms with E-state index in [-0.39, 0.29) is 18.4 Å². The number of benzene rings is 2. The third-order valence-electron chi connectivity index (χ3n) is 4.08. The summed E-state index contributed by atoms with van der Waals surface area (Å²) in [6.45, 7) is 1.57. The van der Waals surface area contributed by atoms with E-state index < -0.39 is 0 Å². The van der Waals surface area contributed by atoms with E-state index in [1.165, 1.54) is 5.39 Å². The lowest BCUT2D eigenvalue weighted by Crippen LogP contribution is -2.27. The monoisotopic (exact) mass is 281 g/mol. The topological polar surface area (TPSA) is 40.5 Å². The highest BCUT2D eigenvalue weighted by Gasteiger charge is 2.24. The number of aliphatic hydroxyl groups is 1. The van der Waals surface area contributed by atoms with Gasteiger partial charge in [-0.25, -0.2) is 0 Å². The fraction of sp³-hybridized carbons (Fsp3) is 0.278. The maximum absolute atomic E-state index is 12.2. The van der Waals surface area contributed by atoms with Gasteiger partial charge in [0.2, 0.25) is 5.91 Å². The van der Waals surface area contributed by atoms with Crippen molar-refractivity contribution in [1.29, 1.82) is 0 Å². The molecule has 0 radical (unpaired) electrons. The molecule has 1 atom stereocenters. The van der Waals surface area contributed by atoms with E-state index in [1.54, 1.807) is 6.08 Å². The molecule has 1 aliphatic heterocycles. The smallest absolute Gasteiger partial charge is 0.246 e. The minimum atomic E-state index is 0.0267. The largest absolute Gasteiger partial charge is 0.396 e. The fourth-order valence-corrected chi connectivity index (χ4v) is 2.84. The summed E-state index contributed by atoms with van der Waals surface area (Å²) in [5, 5.41) is 11.5. The molecule has 1 amide bonds. The third-order valence-corrected chi connectivity index (χ3v) is 4.08. The van der Waals surface area contributed by atoms with E-state index in [0.717, 1.165) is 23.9 Å². The molecule has 0 aromatic heterocycles. The van der Waals surface area contributed by atoms with E-state index in [0.29, 0.717) is 6.54 Å². The van der Waals surface area contributed by atoms with Crippen LogP contribution in [0.15, 0.2) is 48.5 Å². The van der Waals surface area contributed by atoms with Crippen LogP contribution in [-0.4, -0.2) is 35.6 Å². The molecule has 0 spiro atoms. The van der Waals surface area contributed by atoms with Crippen LogP contribution >= 0.6 is 0 Å². The summed E-state index contributed by atoms with van der Waals surface area (Å²) in [7, 11) is 0. The van der Waals surface area contributed by atoms with E-state index in [4.69, 9.17) is 5.11 Å². The summed E-state index contributed by atoms with van der Waals surface area (Å²) < 4.78 is 0. The lowest BCUT2D eigenvalue weighted by Gasteiger charge is -2.13. The number of likely N-dealkylation sites (tertiary alicyclic amines) is 1. The zero-order valence-electron chi connectivity index (χ0n) is 11.9. The van der Waals surface area contributed by atoms with Gasteiger partial charge in [-0.05, 0) is 28.8 Å². The number of hydrogen-bond donors (Lipinski definition) is 1. The molecule has 1 unspecified atom stereocenters. The van der Waals surface area contributed by atoms with Crippen LogP contribution in [0, 0.1) is 5.92 Å². The molecule has 1 aliphatic rings. The lowest BCUT2D eigenvalue weighted by atomic mass is 10.0. The highest BCUT2D eigenvalue weighted by atomic mass is 16.3. The molecule has 2 aromatic carbocycles. The summed E-state index contributed by atoms with van der Waals surface area (Å²) >= 11 is 0. The highest BCUT2D eigenvalue weighted by molar-refractivity contribution is 5.96. The molecule has 1 N–H and O–H groups in total. The van der Waals surface area contributed by atoms with Crippen molar-refractivity contribution in [3.8, 4) is 0 Å². The Morgan fingerprint density at radius 1 is 1.24 bits per heavy atom. The van der Waals surface area contributed by atoms with Crippen LogP contribution in [-0.2, 0) is 4.79 Å². The van der Waals surface area contributed by atoms with Gasteiger partial charge in [-0.3, -0.25) is 4.79 Å². The van der Waals surface area contributed by atoms with Gasteiger partial charge in [0.15, 0.2) is 0 Å². The molecule has 2 aromatic rings. The maximum atomic E-state index is 12.2. The molecule has 0 saturated carbocycles. The normalized spacial score (nSPS) is 18.7. The van der Waals surface area contributed by atoms with Crippen LogP contribution in [0.3, 0.4) is 0 Å². The summed E-state index contributed by atoms with van der Waals surface area (Å²) in [5.74, 6) is 0.263. The van der Waals surface area contributed by atoms with Gasteiger partial charge in [-0.2, -0.15) is 0 Å². The number of fused-ring (bicyclic) bond motifs is 1. The number of nitrogens with zero attached hydrogens (tertiary/aromatic N) is 1. The quantitative estimate of drug-likeness (QED) is 0.879. The van der Waals surface area contributed by atoms with Crippen LogP contribution in [0.5, 0.6) is 0 Å². The van der Waals surface area contributed by atoms with E-state index >= 15 is 0 Å². The Hall–Kier alpha value is -2.13. The number of aliphatic hydroxyl groups excluding tert-OH is 1. The first-order valence-corrected chi connectivity index (χ1v) is 7.33. The predicted molar refractivity (Wildman–Crippen MR) is 84.8 cm³/mol. The van der Waals surface area contributed by atoms with Gasteiger partial charge in [0.25, 0.3) is 0 Å². The van der Waals surface area contributed by atoms with Gasteiger partial charge in [-0.15, -0.1) is 0 Å². The molecule has 0 aliphatic carbocycles. The molecule has 0 bridgehead atoms. The maximum Gasteiger partial charge on any atom is 0.246 e. The van der Waals surface area contributed by atoms with Crippen molar-refractivity contribution in [3.63, 3.8) is 0 Å². The van der Waals surface area contributed by atoms with E-state index in [9.17, 15) is 4.79 Å². The number of carbonyl (C=O) groups is 1. The molecule has 3 rings (SSSR count). The number of carbonyl (C=O) groups excluding carboxylic acids is 1. The Morgan fingerprint density at radius 3 is 2.86 bits per heavy atom. The molecule has 1 fully saturated rings. The van der Waals surface area contributed by atoms with Crippen molar-refractivity contribution in [3.05, 3.63) is 54.1 Å². The second-order valence-electron chi connectivity index (χ2n) is 5.52. The minimum absolute atomic E-state index is 0.0267. The molecular weight excluding hydrogens is 262 g/mol. The Bertz CT molecular complexity index is 672. The summed E-state index contributed by atoms with van der Waals surface area (Å²) in [5.41, 5.74) is 1.05. The van der Waals surface area contributed by atoms with Gasteiger partial charge in [0.05, 0.1) is 0 Å². The van der Waals surface area contributed by atoms with Gasteiger partial charge < -0.3 is 10.0 Å². The van der Waals surface area contributed by atoms with Crippen molar-refractivity contribution in [2.75, 3.05) is 19.7 Å². The zero-order valence-corrected chi connectivity index (χ0v) is 11.9. The van der Waals surface area contributed by atoms with Gasteiger partial charge in [0.1, 0.15) is 0 Å². The molecule has 1 saturated heterocycles. The number of rotatable bonds is 3. The van der Waals surface area contributed by atoms with Crippen molar-refractivity contribution in [1.82, 2.24) is 4.90 Å². The lowest BCUT2D eigenvalue weighted by molar-refractivity contribution is -0.125.